The maximum atomic E-state index is 12.9. The van der Waals surface area contributed by atoms with Crippen LogP contribution in [0.2, 0.25) is 0 Å². The standard InChI is InChI=1S/C35H54O6/c1-30(2)17-19-35(29(39)40)20-18-33(6)22(23(35)21-30)11-12-25-32(5)15-14-26(41-28(38)10-8-9-27(36)37)31(3,4)24(32)13-16-34(25,33)7/h11,23-26H,8-10,12-21H2,1-7H3,(H,36,37)(H,39,40)/t23?,24?,25?,26-,32-,33+,34+,35-/m0/s1. The zero-order chi connectivity index (χ0) is 30.2. The fourth-order valence-electron chi connectivity index (χ4n) is 11.4. The maximum Gasteiger partial charge on any atom is 0.310 e. The Labute approximate surface area is 247 Å². The number of hydrogen-bond donors (Lipinski definition) is 2. The summed E-state index contributed by atoms with van der Waals surface area (Å²) in [5.74, 6) is -0.685. The summed E-state index contributed by atoms with van der Waals surface area (Å²) in [6.07, 6.45) is 12.4. The van der Waals surface area contributed by atoms with Crippen LogP contribution in [0, 0.1) is 50.2 Å². The van der Waals surface area contributed by atoms with Crippen LogP contribution >= 0.6 is 0 Å². The molecule has 8 atom stereocenters. The third-order valence-electron chi connectivity index (χ3n) is 14.0. The monoisotopic (exact) mass is 570 g/mol. The van der Waals surface area contributed by atoms with Crippen LogP contribution in [0.4, 0.5) is 0 Å². The van der Waals surface area contributed by atoms with E-state index in [1.807, 2.05) is 0 Å². The van der Waals surface area contributed by atoms with Gasteiger partial charge in [-0.05, 0) is 110 Å². The summed E-state index contributed by atoms with van der Waals surface area (Å²) in [6, 6.07) is 0. The molecule has 0 aromatic heterocycles. The van der Waals surface area contributed by atoms with E-state index >= 15 is 0 Å². The van der Waals surface area contributed by atoms with Crippen molar-refractivity contribution in [3.63, 3.8) is 0 Å². The van der Waals surface area contributed by atoms with Gasteiger partial charge in [0.1, 0.15) is 6.10 Å². The first-order chi connectivity index (χ1) is 18.9. The number of hydrogen-bond acceptors (Lipinski definition) is 4. The molecule has 3 unspecified atom stereocenters. The van der Waals surface area contributed by atoms with E-state index in [9.17, 15) is 19.5 Å². The molecule has 0 aromatic carbocycles. The lowest BCUT2D eigenvalue weighted by Gasteiger charge is -2.71. The van der Waals surface area contributed by atoms with Crippen molar-refractivity contribution in [1.82, 2.24) is 0 Å². The fraction of sp³-hybridized carbons (Fsp3) is 0.857. The van der Waals surface area contributed by atoms with Gasteiger partial charge >= 0.3 is 17.9 Å². The van der Waals surface area contributed by atoms with Crippen LogP contribution in [0.1, 0.15) is 132 Å². The van der Waals surface area contributed by atoms with E-state index in [2.05, 4.69) is 54.5 Å². The van der Waals surface area contributed by atoms with Crippen molar-refractivity contribution in [3.05, 3.63) is 11.6 Å². The van der Waals surface area contributed by atoms with Crippen LogP contribution in [0.25, 0.3) is 0 Å². The maximum absolute atomic E-state index is 12.9. The first-order valence-corrected chi connectivity index (χ1v) is 16.3. The van der Waals surface area contributed by atoms with Gasteiger partial charge in [0.2, 0.25) is 0 Å². The van der Waals surface area contributed by atoms with Crippen molar-refractivity contribution in [2.75, 3.05) is 0 Å². The summed E-state index contributed by atoms with van der Waals surface area (Å²) in [6.45, 7) is 16.7. The Hall–Kier alpha value is -1.85. The molecular weight excluding hydrogens is 516 g/mol. The number of carboxylic acids is 2. The van der Waals surface area contributed by atoms with Crippen LogP contribution in [0.15, 0.2) is 11.6 Å². The molecule has 0 amide bonds. The molecule has 0 saturated heterocycles. The highest BCUT2D eigenvalue weighted by Gasteiger charge is 2.69. The Morgan fingerprint density at radius 1 is 0.854 bits per heavy atom. The summed E-state index contributed by atoms with van der Waals surface area (Å²) >= 11 is 0. The molecule has 6 nitrogen and oxygen atoms in total. The average molecular weight is 571 g/mol. The zero-order valence-electron chi connectivity index (χ0n) is 26.6. The minimum absolute atomic E-state index is 0.00146. The molecule has 0 spiro atoms. The van der Waals surface area contributed by atoms with Crippen LogP contribution in [-0.2, 0) is 19.1 Å². The van der Waals surface area contributed by atoms with E-state index in [1.165, 1.54) is 5.57 Å². The molecule has 41 heavy (non-hydrogen) atoms. The number of esters is 1. The molecule has 0 aromatic rings. The van der Waals surface area contributed by atoms with Crippen molar-refractivity contribution < 1.29 is 29.3 Å². The van der Waals surface area contributed by atoms with Crippen molar-refractivity contribution >= 4 is 17.9 Å². The van der Waals surface area contributed by atoms with Crippen molar-refractivity contribution in [1.29, 1.82) is 0 Å². The third kappa shape index (κ3) is 4.51. The van der Waals surface area contributed by atoms with Gasteiger partial charge in [0.15, 0.2) is 0 Å². The van der Waals surface area contributed by atoms with E-state index < -0.39 is 17.4 Å². The number of fused-ring (bicyclic) bond motifs is 7. The number of aliphatic carboxylic acids is 2. The SMILES string of the molecule is CC1(C)CC[C@]2(C(=O)O)CC[C@]3(C)C(=CCC4[C@@]5(C)CC[C@H](OC(=O)CCCC(=O)O)C(C)(C)C5CC[C@]43C)C2C1. The molecule has 5 aliphatic rings. The highest BCUT2D eigenvalue weighted by Crippen LogP contribution is 2.75. The molecule has 5 aliphatic carbocycles. The summed E-state index contributed by atoms with van der Waals surface area (Å²) in [5.41, 5.74) is 1.06. The van der Waals surface area contributed by atoms with Gasteiger partial charge < -0.3 is 14.9 Å². The van der Waals surface area contributed by atoms with Gasteiger partial charge in [-0.1, -0.05) is 60.1 Å². The second-order valence-corrected chi connectivity index (χ2v) is 16.8. The Balaban J connectivity index is 1.43. The van der Waals surface area contributed by atoms with Crippen LogP contribution in [-0.4, -0.2) is 34.2 Å². The van der Waals surface area contributed by atoms with Gasteiger partial charge in [-0.25, -0.2) is 0 Å². The Morgan fingerprint density at radius 3 is 2.20 bits per heavy atom. The number of allylic oxidation sites excluding steroid dienone is 2. The smallest absolute Gasteiger partial charge is 0.310 e. The van der Waals surface area contributed by atoms with E-state index in [0.717, 1.165) is 64.2 Å². The highest BCUT2D eigenvalue weighted by atomic mass is 16.5. The van der Waals surface area contributed by atoms with Crippen molar-refractivity contribution in [3.8, 4) is 0 Å². The third-order valence-corrected chi connectivity index (χ3v) is 14.0. The minimum atomic E-state index is -0.881. The first kappa shape index (κ1) is 30.6. The van der Waals surface area contributed by atoms with Gasteiger partial charge in [0, 0.05) is 18.3 Å². The number of carboxylic acid groups (broad SMARTS) is 2. The molecule has 230 valence electrons. The van der Waals surface area contributed by atoms with Crippen molar-refractivity contribution in [2.24, 2.45) is 50.2 Å². The Bertz CT molecular complexity index is 1140. The number of carbonyl (C=O) groups is 3. The predicted molar refractivity (Wildman–Crippen MR) is 158 cm³/mol. The number of carbonyl (C=O) groups excluding carboxylic acids is 1. The molecule has 5 rings (SSSR count). The Morgan fingerprint density at radius 2 is 1.54 bits per heavy atom. The molecule has 4 saturated carbocycles. The van der Waals surface area contributed by atoms with Gasteiger partial charge in [0.05, 0.1) is 5.41 Å². The quantitative estimate of drug-likeness (QED) is 0.248. The topological polar surface area (TPSA) is 101 Å². The van der Waals surface area contributed by atoms with Gasteiger partial charge in [-0.2, -0.15) is 0 Å². The lowest BCUT2D eigenvalue weighted by molar-refractivity contribution is -0.214. The lowest BCUT2D eigenvalue weighted by Crippen LogP contribution is -2.65. The molecule has 4 fully saturated rings. The zero-order valence-corrected chi connectivity index (χ0v) is 26.6. The minimum Gasteiger partial charge on any atom is -0.481 e. The van der Waals surface area contributed by atoms with E-state index in [1.54, 1.807) is 0 Å². The van der Waals surface area contributed by atoms with E-state index in [0.29, 0.717) is 18.3 Å². The second-order valence-electron chi connectivity index (χ2n) is 16.8. The summed E-state index contributed by atoms with van der Waals surface area (Å²) in [5, 5.41) is 19.5. The molecule has 0 radical (unpaired) electrons. The first-order valence-electron chi connectivity index (χ1n) is 16.3. The number of ether oxygens (including phenoxy) is 1. The Kier molecular flexibility index (Phi) is 7.34. The van der Waals surface area contributed by atoms with Gasteiger partial charge in [0.25, 0.3) is 0 Å². The molecule has 6 heteroatoms. The van der Waals surface area contributed by atoms with Crippen LogP contribution in [0.3, 0.4) is 0 Å². The molecule has 2 N–H and O–H groups in total. The van der Waals surface area contributed by atoms with Gasteiger partial charge in [-0.3, -0.25) is 14.4 Å². The molecule has 0 bridgehead atoms. The normalized spacial score (nSPS) is 44.2. The largest absolute Gasteiger partial charge is 0.481 e. The fourth-order valence-corrected chi connectivity index (χ4v) is 11.4. The van der Waals surface area contributed by atoms with E-state index in [-0.39, 0.29) is 57.9 Å². The number of rotatable bonds is 6. The molecule has 0 aliphatic heterocycles. The molecular formula is C35H54O6. The van der Waals surface area contributed by atoms with Crippen LogP contribution in [0.5, 0.6) is 0 Å². The second kappa shape index (κ2) is 9.84. The predicted octanol–water partition coefficient (Wildman–Crippen LogP) is 8.04. The summed E-state index contributed by atoms with van der Waals surface area (Å²) < 4.78 is 6.06. The summed E-state index contributed by atoms with van der Waals surface area (Å²) in [4.78, 5) is 36.4. The van der Waals surface area contributed by atoms with Crippen LogP contribution < -0.4 is 0 Å². The van der Waals surface area contributed by atoms with Gasteiger partial charge in [-0.15, -0.1) is 0 Å². The van der Waals surface area contributed by atoms with E-state index in [4.69, 9.17) is 9.84 Å². The summed E-state index contributed by atoms with van der Waals surface area (Å²) in [7, 11) is 0. The highest BCUT2D eigenvalue weighted by molar-refractivity contribution is 5.76. The lowest BCUT2D eigenvalue weighted by atomic mass is 9.33. The molecule has 0 heterocycles. The average Bonchev–Trinajstić information content (AvgIpc) is 2.85. The van der Waals surface area contributed by atoms with Crippen molar-refractivity contribution in [2.45, 2.75) is 138 Å².